The van der Waals surface area contributed by atoms with Crippen LogP contribution in [0.1, 0.15) is 50.3 Å². The van der Waals surface area contributed by atoms with E-state index in [4.69, 9.17) is 45.5 Å². The zero-order chi connectivity index (χ0) is 53.5. The Morgan fingerprint density at radius 2 is 1.07 bits per heavy atom. The van der Waals surface area contributed by atoms with Crippen LogP contribution in [-0.2, 0) is 28.9 Å². The smallest absolute Gasteiger partial charge is 0.340 e. The molecular formula is C49H59ClF9N3O10. The summed E-state index contributed by atoms with van der Waals surface area (Å²) in [5.41, 5.74) is 10.2. The molecule has 4 aromatic carbocycles. The molecule has 0 spiro atoms. The predicted octanol–water partition coefficient (Wildman–Crippen LogP) is 9.71. The number of nitrogens with two attached hydrogens (primary N) is 1. The molecule has 3 atom stereocenters. The number of aliphatic hydroxyl groups excluding tert-OH is 3. The Labute approximate surface area is 415 Å². The summed E-state index contributed by atoms with van der Waals surface area (Å²) in [5.74, 6) is -10.8. The maximum Gasteiger partial charge on any atom is 0.340 e. The maximum atomic E-state index is 13.2. The van der Waals surface area contributed by atoms with E-state index < -0.39 is 61.8 Å². The zero-order valence-corrected chi connectivity index (χ0v) is 40.3. The number of halogens is 10. The van der Waals surface area contributed by atoms with Gasteiger partial charge < -0.3 is 55.4 Å². The molecule has 0 radical (unpaired) electrons. The van der Waals surface area contributed by atoms with Crippen LogP contribution in [0.3, 0.4) is 0 Å². The van der Waals surface area contributed by atoms with E-state index in [1.807, 2.05) is 18.5 Å². The molecule has 13 nitrogen and oxygen atoms in total. The summed E-state index contributed by atoms with van der Waals surface area (Å²) in [6.07, 6.45) is -2.83. The Morgan fingerprint density at radius 1 is 0.639 bits per heavy atom. The van der Waals surface area contributed by atoms with Crippen LogP contribution in [0.4, 0.5) is 39.5 Å². The van der Waals surface area contributed by atoms with Crippen molar-refractivity contribution in [2.45, 2.75) is 95.6 Å². The number of aryl methyl sites for hydroxylation is 2. The first-order valence-corrected chi connectivity index (χ1v) is 21.7. The van der Waals surface area contributed by atoms with Gasteiger partial charge in [0.15, 0.2) is 31.6 Å². The largest absolute Gasteiger partial charge is 0.497 e. The van der Waals surface area contributed by atoms with Crippen LogP contribution in [0.15, 0.2) is 97.3 Å². The van der Waals surface area contributed by atoms with Gasteiger partial charge in [0.05, 0.1) is 7.11 Å². The van der Waals surface area contributed by atoms with Gasteiger partial charge in [0.1, 0.15) is 28.9 Å². The third-order valence-corrected chi connectivity index (χ3v) is 9.54. The Balaban J connectivity index is 0.000000502. The summed E-state index contributed by atoms with van der Waals surface area (Å²) in [7, 11) is 1.46. The second-order valence-corrected chi connectivity index (χ2v) is 15.8. The Kier molecular flexibility index (Phi) is 27.7. The molecular weight excluding hydrogens is 997 g/mol. The van der Waals surface area contributed by atoms with Crippen molar-refractivity contribution in [1.82, 2.24) is 9.97 Å². The fourth-order valence-corrected chi connectivity index (χ4v) is 5.82. The highest BCUT2D eigenvalue weighted by molar-refractivity contribution is 5.85. The Hall–Kier alpha value is -6.20. The molecule has 0 saturated carbocycles. The minimum atomic E-state index is -4.17. The number of aromatic amines is 2. The highest BCUT2D eigenvalue weighted by atomic mass is 35.5. The standard InChI is InChI=1S/C21H20F5NO.C11H13F3O2.C10H11FN2.C4H6O6.C3H8O.ClH/c22-16-8-9-18-15(12-27-19(18)11-16)6-2-1-4-14-5-3-7-17(10-14)28-13-21(25,26)20(23)24;1-8(12)11(13,14)7-16-10-5-3-4-9(6-10)15-2;11-8-1-2-9-7(3-4-12)6-13-10(9)5-8;5-1(3(7)8)2(6)4(9)10;1-3(2)4;/h3,5,7-12,20,27H,1-2,4,6,13H2;3-6,8H,7H2,1-2H3;1-2,5-6,13H,3-4,12H2;1-2,5-6H,(H,7,8)(H,9,10);3-4H,1-2H3;1H/t;;;1-,2-;;/m...0../s1. The first-order chi connectivity index (χ1) is 33.3. The minimum absolute atomic E-state index is 0. The van der Waals surface area contributed by atoms with Gasteiger partial charge in [-0.1, -0.05) is 18.2 Å². The molecule has 0 bridgehead atoms. The fraction of sp³-hybridized carbons (Fsp3) is 0.388. The number of H-pyrrole nitrogens is 2. The van der Waals surface area contributed by atoms with Crippen LogP contribution in [0, 0.1) is 11.6 Å². The topological polar surface area (TPSA) is 221 Å². The van der Waals surface area contributed by atoms with Crippen LogP contribution < -0.4 is 19.9 Å². The lowest BCUT2D eigenvalue weighted by Gasteiger charge is -2.18. The van der Waals surface area contributed by atoms with Crippen LogP contribution in [0.5, 0.6) is 17.2 Å². The number of fused-ring (bicyclic) bond motifs is 2. The van der Waals surface area contributed by atoms with Gasteiger partial charge in [0.25, 0.3) is 0 Å². The number of aromatic nitrogens is 2. The van der Waals surface area contributed by atoms with Crippen LogP contribution in [0.2, 0.25) is 0 Å². The van der Waals surface area contributed by atoms with Crippen LogP contribution in [0.25, 0.3) is 21.8 Å². The summed E-state index contributed by atoms with van der Waals surface area (Å²) in [6, 6.07) is 22.2. The number of benzene rings is 4. The summed E-state index contributed by atoms with van der Waals surface area (Å²) in [4.78, 5) is 25.6. The fourth-order valence-electron chi connectivity index (χ4n) is 5.82. The lowest BCUT2D eigenvalue weighted by atomic mass is 10.0. The van der Waals surface area contributed by atoms with Crippen molar-refractivity contribution in [3.8, 4) is 17.2 Å². The molecule has 1 unspecified atom stereocenters. The van der Waals surface area contributed by atoms with Crippen LogP contribution >= 0.6 is 12.4 Å². The van der Waals surface area contributed by atoms with Gasteiger partial charge in [0.2, 0.25) is 0 Å². The molecule has 0 aliphatic heterocycles. The van der Waals surface area contributed by atoms with Gasteiger partial charge in [-0.3, -0.25) is 0 Å². The van der Waals surface area contributed by atoms with Gasteiger partial charge in [0, 0.05) is 46.4 Å². The molecule has 0 fully saturated rings. The molecule has 0 amide bonds. The molecule has 0 aliphatic carbocycles. The number of hydrogen-bond acceptors (Lipinski definition) is 9. The van der Waals surface area contributed by atoms with Crippen molar-refractivity contribution in [3.05, 3.63) is 126 Å². The lowest BCUT2D eigenvalue weighted by molar-refractivity contribution is -0.165. The number of unbranched alkanes of at least 4 members (excludes halogenated alkanes) is 1. The number of carbonyl (C=O) groups is 2. The quantitative estimate of drug-likeness (QED) is 0.0282. The summed E-state index contributed by atoms with van der Waals surface area (Å²) >= 11 is 0. The first kappa shape index (κ1) is 63.8. The number of rotatable bonds is 19. The van der Waals surface area contributed by atoms with Crippen molar-refractivity contribution in [3.63, 3.8) is 0 Å². The summed E-state index contributed by atoms with van der Waals surface area (Å²) in [5, 5.41) is 42.6. The van der Waals surface area contributed by atoms with Gasteiger partial charge >= 0.3 is 30.2 Å². The number of nitrogens with one attached hydrogen (secondary N) is 2. The lowest BCUT2D eigenvalue weighted by Crippen LogP contribution is -2.39. The molecule has 0 saturated heterocycles. The third-order valence-electron chi connectivity index (χ3n) is 9.54. The monoisotopic (exact) mass is 1060 g/mol. The summed E-state index contributed by atoms with van der Waals surface area (Å²) < 4.78 is 129. The van der Waals surface area contributed by atoms with E-state index >= 15 is 0 Å². The van der Waals surface area contributed by atoms with Crippen molar-refractivity contribution < 1.29 is 88.8 Å². The van der Waals surface area contributed by atoms with E-state index in [0.29, 0.717) is 18.7 Å². The van der Waals surface area contributed by atoms with Crippen molar-refractivity contribution >= 4 is 46.2 Å². The second-order valence-electron chi connectivity index (χ2n) is 15.8. The highest BCUT2D eigenvalue weighted by Crippen LogP contribution is 2.27. The molecule has 2 heterocycles. The van der Waals surface area contributed by atoms with Crippen molar-refractivity contribution in [1.29, 1.82) is 0 Å². The number of aliphatic carboxylic acids is 2. The highest BCUT2D eigenvalue weighted by Gasteiger charge is 2.42. The van der Waals surface area contributed by atoms with E-state index in [0.717, 1.165) is 71.1 Å². The first-order valence-electron chi connectivity index (χ1n) is 21.7. The number of carboxylic acid groups (broad SMARTS) is 2. The number of carboxylic acids is 2. The van der Waals surface area contributed by atoms with E-state index in [1.54, 1.807) is 50.2 Å². The molecule has 0 aliphatic rings. The number of methoxy groups -OCH3 is 1. The minimum Gasteiger partial charge on any atom is -0.497 e. The average molecular weight is 1060 g/mol. The predicted molar refractivity (Wildman–Crippen MR) is 255 cm³/mol. The molecule has 9 N–H and O–H groups in total. The maximum absolute atomic E-state index is 13.2. The zero-order valence-electron chi connectivity index (χ0n) is 39.4. The van der Waals surface area contributed by atoms with E-state index in [1.165, 1.54) is 49.6 Å². The molecule has 2 aromatic heterocycles. The number of alkyl halides is 7. The Morgan fingerprint density at radius 3 is 1.51 bits per heavy atom. The Bertz CT molecular complexity index is 2510. The van der Waals surface area contributed by atoms with Crippen molar-refractivity contribution in [2.24, 2.45) is 5.73 Å². The summed E-state index contributed by atoms with van der Waals surface area (Å²) in [6.45, 7) is 2.52. The molecule has 23 heteroatoms. The number of aliphatic hydroxyl groups is 3. The number of ether oxygens (including phenoxy) is 3. The van der Waals surface area contributed by atoms with Crippen molar-refractivity contribution in [2.75, 3.05) is 26.9 Å². The molecule has 400 valence electrons. The van der Waals surface area contributed by atoms with E-state index in [-0.39, 0.29) is 41.6 Å². The molecule has 6 aromatic rings. The van der Waals surface area contributed by atoms with Gasteiger partial charge in [-0.2, -0.15) is 17.6 Å². The average Bonchev–Trinajstić information content (AvgIpc) is 3.91. The van der Waals surface area contributed by atoms with Gasteiger partial charge in [-0.15, -0.1) is 12.4 Å². The van der Waals surface area contributed by atoms with Gasteiger partial charge in [-0.05, 0) is 137 Å². The SMILES string of the molecule is CC(C)O.COc1cccc(OCC(F)(F)C(C)F)c1.Cl.Fc1ccc2c(CCCCc3cccc(OCC(F)(F)C(F)F)c3)c[nH]c2c1.NCCc1c[nH]c2cc(F)ccc12.O=C(O)[C@@H](O)[C@H](O)C(=O)O. The second kappa shape index (κ2) is 31.3. The van der Waals surface area contributed by atoms with E-state index in [9.17, 15) is 49.1 Å². The van der Waals surface area contributed by atoms with Gasteiger partial charge in [-0.25, -0.2) is 31.5 Å². The molecule has 72 heavy (non-hydrogen) atoms. The normalized spacial score (nSPS) is 12.3. The molecule has 6 rings (SSSR count). The van der Waals surface area contributed by atoms with E-state index in [2.05, 4.69) is 9.97 Å². The number of hydrogen-bond donors (Lipinski definition) is 8. The van der Waals surface area contributed by atoms with Crippen LogP contribution in [-0.4, -0.2) is 117 Å². The third kappa shape index (κ3) is 22.5.